The number of aliphatic carboxylic acids is 1. The number of carboxylic acid groups (broad SMARTS) is 1. The summed E-state index contributed by atoms with van der Waals surface area (Å²) in [5.74, 6) is -3.64. The number of hydrogen-bond donors (Lipinski definition) is 1. The van der Waals surface area contributed by atoms with Crippen LogP contribution < -0.4 is 4.80 Å². The Morgan fingerprint density at radius 1 is 1.24 bits per heavy atom. The van der Waals surface area contributed by atoms with Crippen molar-refractivity contribution < 1.29 is 32.3 Å². The van der Waals surface area contributed by atoms with Crippen molar-refractivity contribution in [3.05, 3.63) is 63.2 Å². The normalized spacial score (nSPS) is 13.7. The van der Waals surface area contributed by atoms with E-state index in [4.69, 9.17) is 11.6 Å². The van der Waals surface area contributed by atoms with Gasteiger partial charge in [0.15, 0.2) is 4.80 Å². The van der Waals surface area contributed by atoms with Gasteiger partial charge in [0.05, 0.1) is 15.8 Å². The maximum Gasteiger partial charge on any atom is 0.419 e. The fraction of sp³-hybridized carbons (Fsp3) is 0.167. The molecule has 0 radical (unpaired) electrons. The molecule has 5 nitrogen and oxygen atoms in total. The number of benzene rings is 2. The fourth-order valence-corrected chi connectivity index (χ4v) is 3.91. The summed E-state index contributed by atoms with van der Waals surface area (Å²) in [7, 11) is 0. The van der Waals surface area contributed by atoms with Crippen molar-refractivity contribution in [2.24, 2.45) is 4.99 Å². The number of aromatic nitrogens is 1. The molecule has 0 aliphatic rings. The summed E-state index contributed by atoms with van der Waals surface area (Å²) < 4.78 is 54.2. The minimum absolute atomic E-state index is 0.0150. The quantitative estimate of drug-likeness (QED) is 0.582. The monoisotopic (exact) mass is 446 g/mol. The Morgan fingerprint density at radius 2 is 1.93 bits per heavy atom. The Kier molecular flexibility index (Phi) is 5.50. The van der Waals surface area contributed by atoms with Crippen LogP contribution in [0.25, 0.3) is 10.2 Å². The number of halogens is 5. The summed E-state index contributed by atoms with van der Waals surface area (Å²) in [5.41, 5.74) is -1.63. The van der Waals surface area contributed by atoms with Crippen molar-refractivity contribution in [1.29, 1.82) is 0 Å². The zero-order valence-corrected chi connectivity index (χ0v) is 16.1. The number of carbonyl (C=O) groups is 2. The van der Waals surface area contributed by atoms with E-state index in [1.807, 2.05) is 0 Å². The molecular weight excluding hydrogens is 436 g/mol. The number of nitrogens with zero attached hydrogens (tertiary/aromatic N) is 2. The van der Waals surface area contributed by atoms with Crippen LogP contribution in [0.1, 0.15) is 28.9 Å². The van der Waals surface area contributed by atoms with E-state index in [0.29, 0.717) is 23.5 Å². The highest BCUT2D eigenvalue weighted by Crippen LogP contribution is 2.35. The van der Waals surface area contributed by atoms with Crippen molar-refractivity contribution in [3.8, 4) is 0 Å². The van der Waals surface area contributed by atoms with Crippen molar-refractivity contribution in [2.45, 2.75) is 19.1 Å². The first-order valence-electron chi connectivity index (χ1n) is 7.98. The molecule has 0 saturated carbocycles. The van der Waals surface area contributed by atoms with Crippen LogP contribution in [0.2, 0.25) is 5.02 Å². The number of carbonyl (C=O) groups excluding carboxylic acids is 1. The van der Waals surface area contributed by atoms with Gasteiger partial charge in [-0.2, -0.15) is 18.2 Å². The lowest BCUT2D eigenvalue weighted by Crippen LogP contribution is -2.26. The largest absolute Gasteiger partial charge is 0.480 e. The molecule has 0 saturated heterocycles. The van der Waals surface area contributed by atoms with Crippen LogP contribution in [0, 0.1) is 5.82 Å². The zero-order chi connectivity index (χ0) is 21.5. The molecule has 0 fully saturated rings. The highest BCUT2D eigenvalue weighted by atomic mass is 35.5. The van der Waals surface area contributed by atoms with Gasteiger partial charge in [0.1, 0.15) is 11.9 Å². The van der Waals surface area contributed by atoms with Gasteiger partial charge < -0.3 is 9.67 Å². The van der Waals surface area contributed by atoms with Gasteiger partial charge in [-0.25, -0.2) is 9.18 Å². The Bertz CT molecular complexity index is 1200. The molecule has 0 bridgehead atoms. The Hall–Kier alpha value is -2.72. The summed E-state index contributed by atoms with van der Waals surface area (Å²) in [6, 6.07) is 5.62. The van der Waals surface area contributed by atoms with Crippen molar-refractivity contribution in [2.75, 3.05) is 0 Å². The molecule has 0 aliphatic carbocycles. The summed E-state index contributed by atoms with van der Waals surface area (Å²) in [4.78, 5) is 27.6. The third-order valence-electron chi connectivity index (χ3n) is 4.03. The number of hydrogen-bond acceptors (Lipinski definition) is 3. The maximum atomic E-state index is 13.9. The second-order valence-electron chi connectivity index (χ2n) is 5.99. The van der Waals surface area contributed by atoms with Gasteiger partial charge in [-0.3, -0.25) is 4.79 Å². The standard InChI is InChI=1S/C18H11ClF4N2O3S/c1-8(16(27)28)25-13-6-11(18(21,22)23)12(20)7-14(13)29-17(25)24-15(26)9-3-2-4-10(19)5-9/h2-8H,1H3,(H,27,28)/b24-17-. The van der Waals surface area contributed by atoms with Crippen molar-refractivity contribution in [3.63, 3.8) is 0 Å². The molecule has 1 atom stereocenters. The van der Waals surface area contributed by atoms with E-state index in [-0.39, 0.29) is 25.6 Å². The maximum absolute atomic E-state index is 13.9. The average molecular weight is 447 g/mol. The summed E-state index contributed by atoms with van der Waals surface area (Å²) >= 11 is 6.54. The second-order valence-corrected chi connectivity index (χ2v) is 7.44. The smallest absolute Gasteiger partial charge is 0.419 e. The van der Waals surface area contributed by atoms with Crippen molar-refractivity contribution >= 4 is 45.0 Å². The molecule has 0 spiro atoms. The highest BCUT2D eigenvalue weighted by Gasteiger charge is 2.35. The van der Waals surface area contributed by atoms with E-state index in [9.17, 15) is 32.3 Å². The minimum atomic E-state index is -4.97. The van der Waals surface area contributed by atoms with E-state index in [1.54, 1.807) is 0 Å². The molecule has 0 aliphatic heterocycles. The lowest BCUT2D eigenvalue weighted by Gasteiger charge is -2.12. The van der Waals surface area contributed by atoms with E-state index >= 15 is 0 Å². The van der Waals surface area contributed by atoms with Gasteiger partial charge >= 0.3 is 12.1 Å². The van der Waals surface area contributed by atoms with Gasteiger partial charge in [0, 0.05) is 10.6 Å². The van der Waals surface area contributed by atoms with Crippen LogP contribution in [0.5, 0.6) is 0 Å². The van der Waals surface area contributed by atoms with Gasteiger partial charge in [0.2, 0.25) is 0 Å². The molecule has 2 aromatic carbocycles. The SMILES string of the molecule is CC(C(=O)O)n1/c(=N/C(=O)c2cccc(Cl)c2)sc2cc(F)c(C(F)(F)F)cc21. The van der Waals surface area contributed by atoms with E-state index in [0.717, 1.165) is 4.57 Å². The molecule has 1 amide bonds. The Morgan fingerprint density at radius 3 is 2.52 bits per heavy atom. The van der Waals surface area contributed by atoms with Gasteiger partial charge in [0.25, 0.3) is 5.91 Å². The number of rotatable bonds is 3. The summed E-state index contributed by atoms with van der Waals surface area (Å²) in [5, 5.41) is 9.62. The molecule has 11 heteroatoms. The molecule has 1 aromatic heterocycles. The topological polar surface area (TPSA) is 71.7 Å². The van der Waals surface area contributed by atoms with Crippen LogP contribution in [-0.2, 0) is 11.0 Å². The van der Waals surface area contributed by atoms with E-state index in [2.05, 4.69) is 4.99 Å². The fourth-order valence-electron chi connectivity index (χ4n) is 2.62. The third-order valence-corrected chi connectivity index (χ3v) is 5.29. The molecule has 1 N–H and O–H groups in total. The predicted molar refractivity (Wildman–Crippen MR) is 98.5 cm³/mol. The van der Waals surface area contributed by atoms with Crippen molar-refractivity contribution in [1.82, 2.24) is 4.57 Å². The van der Waals surface area contributed by atoms with Crippen LogP contribution >= 0.6 is 22.9 Å². The number of thiazole rings is 1. The van der Waals surface area contributed by atoms with Gasteiger partial charge in [-0.15, -0.1) is 0 Å². The average Bonchev–Trinajstić information content (AvgIpc) is 2.95. The lowest BCUT2D eigenvalue weighted by atomic mass is 10.2. The summed E-state index contributed by atoms with van der Waals surface area (Å²) in [6.07, 6.45) is -4.97. The molecule has 3 rings (SSSR count). The summed E-state index contributed by atoms with van der Waals surface area (Å²) in [6.45, 7) is 1.22. The molecule has 3 aromatic rings. The Labute approximate surface area is 169 Å². The third kappa shape index (κ3) is 4.18. The molecule has 1 unspecified atom stereocenters. The number of amides is 1. The van der Waals surface area contributed by atoms with Crippen LogP contribution in [0.3, 0.4) is 0 Å². The minimum Gasteiger partial charge on any atom is -0.480 e. The highest BCUT2D eigenvalue weighted by molar-refractivity contribution is 7.16. The van der Waals surface area contributed by atoms with Crippen LogP contribution in [-0.4, -0.2) is 21.6 Å². The van der Waals surface area contributed by atoms with Gasteiger partial charge in [-0.1, -0.05) is 29.0 Å². The molecule has 29 heavy (non-hydrogen) atoms. The van der Waals surface area contributed by atoms with E-state index < -0.39 is 35.5 Å². The van der Waals surface area contributed by atoms with Gasteiger partial charge in [-0.05, 0) is 37.3 Å². The molecule has 152 valence electrons. The van der Waals surface area contributed by atoms with E-state index in [1.165, 1.54) is 31.2 Å². The number of fused-ring (bicyclic) bond motifs is 1. The predicted octanol–water partition coefficient (Wildman–Crippen LogP) is 4.90. The first-order chi connectivity index (χ1) is 13.5. The Balaban J connectivity index is 2.30. The zero-order valence-electron chi connectivity index (χ0n) is 14.5. The molecule has 1 heterocycles. The lowest BCUT2D eigenvalue weighted by molar-refractivity contribution is -0.140. The number of carboxylic acids is 1. The first kappa shape index (κ1) is 21.0. The second kappa shape index (κ2) is 7.60. The van der Waals surface area contributed by atoms with Crippen LogP contribution in [0.4, 0.5) is 17.6 Å². The van der Waals surface area contributed by atoms with Crippen LogP contribution in [0.15, 0.2) is 41.4 Å². The molecular formula is C18H11ClF4N2O3S. The number of alkyl halides is 3. The first-order valence-corrected chi connectivity index (χ1v) is 9.17.